The maximum atomic E-state index is 13.7. The van der Waals surface area contributed by atoms with E-state index in [1.54, 1.807) is 25.7 Å². The van der Waals surface area contributed by atoms with Gasteiger partial charge in [-0.1, -0.05) is 12.6 Å². The second-order valence-corrected chi connectivity index (χ2v) is 8.11. The topological polar surface area (TPSA) is 82.4 Å². The summed E-state index contributed by atoms with van der Waals surface area (Å²) in [6, 6.07) is 12.3. The van der Waals surface area contributed by atoms with E-state index in [0.29, 0.717) is 17.1 Å². The molecule has 0 aliphatic heterocycles. The molecule has 0 aliphatic carbocycles. The predicted molar refractivity (Wildman–Crippen MR) is 133 cm³/mol. The monoisotopic (exact) mass is 458 g/mol. The van der Waals surface area contributed by atoms with Gasteiger partial charge in [-0.2, -0.15) is 0 Å². The number of ether oxygens (including phenoxy) is 1. The lowest BCUT2D eigenvalue weighted by atomic mass is 10.0. The molecule has 0 unspecified atom stereocenters. The molecule has 0 spiro atoms. The van der Waals surface area contributed by atoms with Crippen molar-refractivity contribution < 1.29 is 9.13 Å². The number of halogens is 1. The first-order chi connectivity index (χ1) is 16.2. The highest BCUT2D eigenvalue weighted by molar-refractivity contribution is 5.67. The summed E-state index contributed by atoms with van der Waals surface area (Å²) in [6.07, 6.45) is 5.44. The van der Waals surface area contributed by atoms with Crippen LogP contribution in [0, 0.1) is 26.6 Å². The second-order valence-electron chi connectivity index (χ2n) is 8.11. The number of anilines is 1. The van der Waals surface area contributed by atoms with Gasteiger partial charge in [-0.15, -0.1) is 0 Å². The number of rotatable bonds is 6. The van der Waals surface area contributed by atoms with E-state index < -0.39 is 0 Å². The quantitative estimate of drug-likeness (QED) is 0.414. The molecule has 2 aromatic carbocycles. The molecule has 0 radical (unpaired) electrons. The summed E-state index contributed by atoms with van der Waals surface area (Å²) in [5.41, 5.74) is 6.39. The molecule has 3 N–H and O–H groups in total. The SMILES string of the molecule is C=C(/N=c1/c(-c2ccc(F)cc2C)cc(C)cn1N)Nc1ccc(-n2cnc(C)c2)c(OC)c1. The third-order valence-corrected chi connectivity index (χ3v) is 5.38. The third-order valence-electron chi connectivity index (χ3n) is 5.38. The molecule has 0 aliphatic rings. The van der Waals surface area contributed by atoms with Gasteiger partial charge < -0.3 is 20.5 Å². The lowest BCUT2D eigenvalue weighted by Gasteiger charge is -2.14. The zero-order valence-corrected chi connectivity index (χ0v) is 19.6. The molecule has 0 saturated carbocycles. The first kappa shape index (κ1) is 22.8. The van der Waals surface area contributed by atoms with Gasteiger partial charge in [-0.3, -0.25) is 4.68 Å². The molecule has 4 aromatic rings. The van der Waals surface area contributed by atoms with Crippen LogP contribution in [0.15, 0.2) is 78.6 Å². The molecule has 34 heavy (non-hydrogen) atoms. The predicted octanol–water partition coefficient (Wildman–Crippen LogP) is 4.61. The van der Waals surface area contributed by atoms with E-state index in [1.165, 1.54) is 16.8 Å². The van der Waals surface area contributed by atoms with Crippen LogP contribution in [-0.4, -0.2) is 21.3 Å². The smallest absolute Gasteiger partial charge is 0.161 e. The van der Waals surface area contributed by atoms with E-state index in [0.717, 1.165) is 39.3 Å². The molecule has 0 amide bonds. The number of hydrogen-bond acceptors (Lipinski definition) is 5. The van der Waals surface area contributed by atoms with Gasteiger partial charge in [0.1, 0.15) is 17.4 Å². The Labute approximate surface area is 197 Å². The van der Waals surface area contributed by atoms with Crippen molar-refractivity contribution in [1.82, 2.24) is 14.2 Å². The Morgan fingerprint density at radius 3 is 2.56 bits per heavy atom. The Morgan fingerprint density at radius 1 is 1.09 bits per heavy atom. The number of methoxy groups -OCH3 is 1. The first-order valence-electron chi connectivity index (χ1n) is 10.7. The largest absolute Gasteiger partial charge is 0.494 e. The van der Waals surface area contributed by atoms with Crippen molar-refractivity contribution in [3.05, 3.63) is 102 Å². The van der Waals surface area contributed by atoms with Gasteiger partial charge in [0.05, 0.1) is 24.8 Å². The van der Waals surface area contributed by atoms with Crippen LogP contribution in [0.1, 0.15) is 16.8 Å². The number of imidazole rings is 1. The molecule has 4 rings (SSSR count). The molecule has 0 saturated heterocycles. The minimum Gasteiger partial charge on any atom is -0.494 e. The summed E-state index contributed by atoms with van der Waals surface area (Å²) >= 11 is 0. The molecular weight excluding hydrogens is 431 g/mol. The zero-order valence-electron chi connectivity index (χ0n) is 19.6. The molecule has 0 atom stereocenters. The van der Waals surface area contributed by atoms with Crippen molar-refractivity contribution >= 4 is 5.69 Å². The Hall–Kier alpha value is -4.33. The summed E-state index contributed by atoms with van der Waals surface area (Å²) in [4.78, 5) is 8.93. The number of pyridine rings is 1. The second kappa shape index (κ2) is 9.27. The van der Waals surface area contributed by atoms with E-state index in [2.05, 4.69) is 21.9 Å². The molecule has 0 fully saturated rings. The zero-order chi connectivity index (χ0) is 24.4. The van der Waals surface area contributed by atoms with Crippen molar-refractivity contribution in [2.45, 2.75) is 20.8 Å². The maximum absolute atomic E-state index is 13.7. The minimum atomic E-state index is -0.289. The van der Waals surface area contributed by atoms with Gasteiger partial charge in [-0.05, 0) is 67.8 Å². The fourth-order valence-corrected chi connectivity index (χ4v) is 3.84. The number of benzene rings is 2. The standard InChI is InChI=1S/C26H27FN6O/c1-16-10-23(22-8-6-20(27)11-17(22)2)26(33(28)13-16)31-19(4)30-21-7-9-24(25(12-21)34-5)32-14-18(3)29-15-32/h6-15,30H,4,28H2,1-3,5H3/b31-26-. The van der Waals surface area contributed by atoms with Crippen LogP contribution >= 0.6 is 0 Å². The molecule has 174 valence electrons. The number of aromatic nitrogens is 3. The van der Waals surface area contributed by atoms with Crippen LogP contribution in [0.5, 0.6) is 5.75 Å². The summed E-state index contributed by atoms with van der Waals surface area (Å²) in [7, 11) is 1.62. The van der Waals surface area contributed by atoms with Crippen LogP contribution < -0.4 is 21.4 Å². The molecule has 2 heterocycles. The highest BCUT2D eigenvalue weighted by Crippen LogP contribution is 2.28. The van der Waals surface area contributed by atoms with Gasteiger partial charge in [0, 0.05) is 29.7 Å². The van der Waals surface area contributed by atoms with Crippen LogP contribution in [0.25, 0.3) is 16.8 Å². The van der Waals surface area contributed by atoms with E-state index in [-0.39, 0.29) is 5.82 Å². The lowest BCUT2D eigenvalue weighted by Crippen LogP contribution is -2.30. The van der Waals surface area contributed by atoms with Crippen LogP contribution in [0.3, 0.4) is 0 Å². The number of nitrogen functional groups attached to an aromatic ring is 1. The molecule has 8 heteroatoms. The Morgan fingerprint density at radius 2 is 1.88 bits per heavy atom. The lowest BCUT2D eigenvalue weighted by molar-refractivity contribution is 0.413. The van der Waals surface area contributed by atoms with Crippen LogP contribution in [-0.2, 0) is 0 Å². The summed E-state index contributed by atoms with van der Waals surface area (Å²) in [5.74, 6) is 7.03. The Kier molecular flexibility index (Phi) is 6.23. The number of hydrogen-bond donors (Lipinski definition) is 2. The highest BCUT2D eigenvalue weighted by atomic mass is 19.1. The number of nitrogens with two attached hydrogens (primary N) is 1. The minimum absolute atomic E-state index is 0.289. The van der Waals surface area contributed by atoms with Crippen molar-refractivity contribution in [3.63, 3.8) is 0 Å². The first-order valence-corrected chi connectivity index (χ1v) is 10.7. The van der Waals surface area contributed by atoms with E-state index >= 15 is 0 Å². The van der Waals surface area contributed by atoms with Gasteiger partial charge in [-0.25, -0.2) is 14.4 Å². The molecular formula is C26H27FN6O. The summed E-state index contributed by atoms with van der Waals surface area (Å²) < 4.78 is 22.6. The van der Waals surface area contributed by atoms with E-state index in [4.69, 9.17) is 10.6 Å². The fraction of sp³-hybridized carbons (Fsp3) is 0.154. The van der Waals surface area contributed by atoms with Crippen molar-refractivity contribution in [1.29, 1.82) is 0 Å². The highest BCUT2D eigenvalue weighted by Gasteiger charge is 2.11. The Balaban J connectivity index is 1.70. The van der Waals surface area contributed by atoms with Crippen molar-refractivity contribution in [3.8, 4) is 22.6 Å². The number of aryl methyl sites for hydroxylation is 3. The van der Waals surface area contributed by atoms with E-state index in [1.807, 2.05) is 55.8 Å². The third kappa shape index (κ3) is 4.71. The van der Waals surface area contributed by atoms with Crippen LogP contribution in [0.2, 0.25) is 0 Å². The van der Waals surface area contributed by atoms with Gasteiger partial charge in [0.25, 0.3) is 0 Å². The van der Waals surface area contributed by atoms with Crippen molar-refractivity contribution in [2.24, 2.45) is 4.99 Å². The van der Waals surface area contributed by atoms with Crippen LogP contribution in [0.4, 0.5) is 10.1 Å². The summed E-state index contributed by atoms with van der Waals surface area (Å²) in [5, 5.41) is 3.20. The average Bonchev–Trinajstić information content (AvgIpc) is 3.21. The molecule has 7 nitrogen and oxygen atoms in total. The van der Waals surface area contributed by atoms with E-state index in [9.17, 15) is 4.39 Å². The number of nitrogens with zero attached hydrogens (tertiary/aromatic N) is 4. The van der Waals surface area contributed by atoms with Crippen molar-refractivity contribution in [2.75, 3.05) is 18.3 Å². The summed E-state index contributed by atoms with van der Waals surface area (Å²) in [6.45, 7) is 9.79. The molecule has 0 bridgehead atoms. The molecule has 2 aromatic heterocycles. The fourth-order valence-electron chi connectivity index (χ4n) is 3.84. The normalized spacial score (nSPS) is 11.5. The average molecular weight is 459 g/mol. The Bertz CT molecular complexity index is 1450. The number of nitrogens with one attached hydrogen (secondary N) is 1. The maximum Gasteiger partial charge on any atom is 0.161 e. The van der Waals surface area contributed by atoms with Gasteiger partial charge in [0.15, 0.2) is 5.49 Å². The van der Waals surface area contributed by atoms with Gasteiger partial charge in [0.2, 0.25) is 0 Å². The van der Waals surface area contributed by atoms with Gasteiger partial charge >= 0.3 is 0 Å².